The lowest BCUT2D eigenvalue weighted by molar-refractivity contribution is 0.610. The van der Waals surface area contributed by atoms with Gasteiger partial charge in [0, 0.05) is 6.26 Å². The number of hydrogen-bond donors (Lipinski definition) is 2. The van der Waals surface area contributed by atoms with Gasteiger partial charge in [-0.25, -0.2) is 8.42 Å². The molecule has 0 aliphatic carbocycles. The number of rotatable bonds is 1. The number of nitrogens with two attached hydrogens (primary N) is 2. The van der Waals surface area contributed by atoms with E-state index in [-0.39, 0.29) is 5.82 Å². The second-order valence-electron chi connectivity index (χ2n) is 1.45. The van der Waals surface area contributed by atoms with Gasteiger partial charge in [-0.3, -0.25) is 0 Å². The Kier molecular flexibility index (Phi) is 1.86. The lowest BCUT2D eigenvalue weighted by Crippen LogP contribution is -2.10. The highest BCUT2D eigenvalue weighted by molar-refractivity contribution is 7.93. The zero-order valence-corrected chi connectivity index (χ0v) is 5.27. The first-order chi connectivity index (χ1) is 3.42. The molecule has 0 aromatic rings. The molecule has 0 amide bonds. The van der Waals surface area contributed by atoms with Crippen molar-refractivity contribution < 1.29 is 8.42 Å². The molecule has 5 heteroatoms. The normalized spacial score (nSPS) is 10.6. The summed E-state index contributed by atoms with van der Waals surface area (Å²) >= 11 is 0. The van der Waals surface area contributed by atoms with E-state index >= 15 is 0 Å². The molecule has 0 aromatic heterocycles. The Hall–Kier alpha value is -0.710. The molecule has 0 aromatic carbocycles. The monoisotopic (exact) mass is 136 g/mol. The van der Waals surface area contributed by atoms with Gasteiger partial charge in [0.2, 0.25) is 0 Å². The first-order valence-corrected chi connectivity index (χ1v) is 3.80. The number of sulfone groups is 1. The van der Waals surface area contributed by atoms with E-state index < -0.39 is 9.84 Å². The minimum Gasteiger partial charge on any atom is -0.385 e. The van der Waals surface area contributed by atoms with Crippen molar-refractivity contribution in [3.63, 3.8) is 0 Å². The van der Waals surface area contributed by atoms with Gasteiger partial charge in [-0.1, -0.05) is 0 Å². The summed E-state index contributed by atoms with van der Waals surface area (Å²) in [6.45, 7) is 0. The van der Waals surface area contributed by atoms with Gasteiger partial charge >= 0.3 is 0 Å². The van der Waals surface area contributed by atoms with Gasteiger partial charge < -0.3 is 11.5 Å². The Morgan fingerprint density at radius 2 is 1.88 bits per heavy atom. The van der Waals surface area contributed by atoms with Crippen LogP contribution in [0.5, 0.6) is 0 Å². The Morgan fingerprint density at radius 3 is 1.88 bits per heavy atom. The topological polar surface area (TPSA) is 86.2 Å². The molecule has 0 aliphatic heterocycles. The van der Waals surface area contributed by atoms with Crippen LogP contribution in [0.2, 0.25) is 0 Å². The molecule has 4 nitrogen and oxygen atoms in total. The van der Waals surface area contributed by atoms with Crippen LogP contribution in [0.3, 0.4) is 0 Å². The molecule has 0 radical (unpaired) electrons. The van der Waals surface area contributed by atoms with Crippen LogP contribution < -0.4 is 11.5 Å². The lowest BCUT2D eigenvalue weighted by atomic mass is 10.9. The predicted octanol–water partition coefficient (Wildman–Crippen LogP) is -1.25. The first kappa shape index (κ1) is 7.29. The average molecular weight is 136 g/mol. The molecule has 8 heavy (non-hydrogen) atoms. The Morgan fingerprint density at radius 1 is 1.50 bits per heavy atom. The van der Waals surface area contributed by atoms with Gasteiger partial charge in [-0.05, 0) is 0 Å². The molecule has 0 rings (SSSR count). The third kappa shape index (κ3) is 5.29. The van der Waals surface area contributed by atoms with Crippen molar-refractivity contribution in [2.45, 2.75) is 0 Å². The molecular formula is C3H8N2O2S. The van der Waals surface area contributed by atoms with Crippen LogP contribution in [0.1, 0.15) is 0 Å². The first-order valence-electron chi connectivity index (χ1n) is 1.84. The van der Waals surface area contributed by atoms with Crippen molar-refractivity contribution >= 4 is 9.84 Å². The summed E-state index contributed by atoms with van der Waals surface area (Å²) in [6.07, 6.45) is 1.02. The smallest absolute Gasteiger partial charge is 0.172 e. The maximum atomic E-state index is 10.2. The number of hydrogen-bond acceptors (Lipinski definition) is 4. The second-order valence-corrected chi connectivity index (χ2v) is 3.34. The van der Waals surface area contributed by atoms with Gasteiger partial charge in [0.25, 0.3) is 0 Å². The molecule has 0 unspecified atom stereocenters. The molecule has 0 spiro atoms. The summed E-state index contributed by atoms with van der Waals surface area (Å²) in [5.41, 5.74) is 9.68. The highest BCUT2D eigenvalue weighted by atomic mass is 32.2. The summed E-state index contributed by atoms with van der Waals surface area (Å²) < 4.78 is 20.4. The maximum absolute atomic E-state index is 10.2. The Balaban J connectivity index is 4.36. The predicted molar refractivity (Wildman–Crippen MR) is 31.3 cm³/mol. The van der Waals surface area contributed by atoms with E-state index in [2.05, 4.69) is 0 Å². The highest BCUT2D eigenvalue weighted by Gasteiger charge is 1.93. The zero-order chi connectivity index (χ0) is 6.78. The fourth-order valence-corrected chi connectivity index (χ4v) is 0.742. The van der Waals surface area contributed by atoms with E-state index in [4.69, 9.17) is 11.5 Å². The molecular weight excluding hydrogens is 128 g/mol. The summed E-state index contributed by atoms with van der Waals surface area (Å²) in [5, 5.41) is 0.799. The molecule has 0 fully saturated rings. The van der Waals surface area contributed by atoms with Crippen LogP contribution in [0.15, 0.2) is 11.2 Å². The summed E-state index contributed by atoms with van der Waals surface area (Å²) in [7, 11) is -3.14. The van der Waals surface area contributed by atoms with Crippen LogP contribution in [-0.2, 0) is 9.84 Å². The van der Waals surface area contributed by atoms with E-state index in [1.54, 1.807) is 0 Å². The lowest BCUT2D eigenvalue weighted by Gasteiger charge is -1.86. The average Bonchev–Trinajstić information content (AvgIpc) is 1.21. The van der Waals surface area contributed by atoms with Crippen LogP contribution in [0.25, 0.3) is 0 Å². The minimum absolute atomic E-state index is 0.187. The summed E-state index contributed by atoms with van der Waals surface area (Å²) in [6, 6.07) is 0. The van der Waals surface area contributed by atoms with Crippen molar-refractivity contribution in [1.82, 2.24) is 0 Å². The molecule has 0 atom stereocenters. The zero-order valence-electron chi connectivity index (χ0n) is 4.46. The quantitative estimate of drug-likeness (QED) is 0.471. The fraction of sp³-hybridized carbons (Fsp3) is 0.333. The van der Waals surface area contributed by atoms with Crippen molar-refractivity contribution in [3.05, 3.63) is 11.2 Å². The van der Waals surface area contributed by atoms with Crippen molar-refractivity contribution in [2.75, 3.05) is 6.26 Å². The molecule has 0 bridgehead atoms. The van der Waals surface area contributed by atoms with Gasteiger partial charge in [-0.15, -0.1) is 0 Å². The third-order valence-electron chi connectivity index (χ3n) is 0.350. The van der Waals surface area contributed by atoms with Crippen molar-refractivity contribution in [3.8, 4) is 0 Å². The second kappa shape index (κ2) is 2.04. The summed E-state index contributed by atoms with van der Waals surface area (Å²) in [4.78, 5) is 0. The molecule has 0 saturated heterocycles. The van der Waals surface area contributed by atoms with Gasteiger partial charge in [0.15, 0.2) is 9.84 Å². The third-order valence-corrected chi connectivity index (χ3v) is 1.05. The fourth-order valence-electron chi connectivity index (χ4n) is 0.247. The molecule has 0 heterocycles. The van der Waals surface area contributed by atoms with Crippen molar-refractivity contribution in [1.29, 1.82) is 0 Å². The van der Waals surface area contributed by atoms with E-state index in [9.17, 15) is 8.42 Å². The van der Waals surface area contributed by atoms with Crippen LogP contribution in [-0.4, -0.2) is 14.7 Å². The van der Waals surface area contributed by atoms with E-state index in [1.807, 2.05) is 0 Å². The van der Waals surface area contributed by atoms with Gasteiger partial charge in [0.1, 0.15) is 5.82 Å². The molecule has 0 aliphatic rings. The minimum atomic E-state index is -3.14. The Bertz CT molecular complexity index is 187. The molecule has 0 saturated carbocycles. The maximum Gasteiger partial charge on any atom is 0.172 e. The van der Waals surface area contributed by atoms with Crippen LogP contribution in [0.4, 0.5) is 0 Å². The summed E-state index contributed by atoms with van der Waals surface area (Å²) in [5.74, 6) is -0.187. The largest absolute Gasteiger partial charge is 0.385 e. The van der Waals surface area contributed by atoms with E-state index in [1.165, 1.54) is 0 Å². The standard InChI is InChI=1S/C3H8N2O2S/c1-8(6,7)2-3(4)5/h2H,4-5H2,1H3. The molecule has 48 valence electrons. The van der Waals surface area contributed by atoms with Crippen molar-refractivity contribution in [2.24, 2.45) is 11.5 Å². The van der Waals surface area contributed by atoms with Gasteiger partial charge in [-0.2, -0.15) is 0 Å². The van der Waals surface area contributed by atoms with Crippen LogP contribution >= 0.6 is 0 Å². The Labute approximate surface area is 48.1 Å². The van der Waals surface area contributed by atoms with Crippen LogP contribution in [0, 0.1) is 0 Å². The van der Waals surface area contributed by atoms with E-state index in [0.717, 1.165) is 11.7 Å². The highest BCUT2D eigenvalue weighted by Crippen LogP contribution is 1.83. The van der Waals surface area contributed by atoms with Gasteiger partial charge in [0.05, 0.1) is 5.41 Å². The molecule has 4 N–H and O–H groups in total. The SMILES string of the molecule is CS(=O)(=O)C=C(N)N. The van der Waals surface area contributed by atoms with E-state index in [0.29, 0.717) is 0 Å².